The maximum Gasteiger partial charge on any atom is 0.232 e. The van der Waals surface area contributed by atoms with Crippen molar-refractivity contribution in [1.29, 1.82) is 0 Å². The average Bonchev–Trinajstić information content (AvgIpc) is 2.62. The molecule has 1 saturated heterocycles. The summed E-state index contributed by atoms with van der Waals surface area (Å²) in [6.07, 6.45) is 2.08. The second kappa shape index (κ2) is 5.85. The molecule has 1 N–H and O–H groups in total. The van der Waals surface area contributed by atoms with E-state index in [1.54, 1.807) is 4.90 Å². The van der Waals surface area contributed by atoms with Crippen molar-refractivity contribution in [2.24, 2.45) is 5.92 Å². The van der Waals surface area contributed by atoms with Crippen molar-refractivity contribution in [3.8, 4) is 0 Å². The zero-order chi connectivity index (χ0) is 14.8. The van der Waals surface area contributed by atoms with Crippen LogP contribution in [0.25, 0.3) is 0 Å². The normalized spacial score (nSPS) is 25.8. The molecule has 112 valence electrons. The summed E-state index contributed by atoms with van der Waals surface area (Å²) in [5.74, 6) is -0.0984. The Morgan fingerprint density at radius 3 is 2.95 bits per heavy atom. The van der Waals surface area contributed by atoms with Crippen molar-refractivity contribution in [3.63, 3.8) is 0 Å². The molecule has 2 amide bonds. The van der Waals surface area contributed by atoms with Gasteiger partial charge in [0.15, 0.2) is 0 Å². The van der Waals surface area contributed by atoms with Gasteiger partial charge in [0, 0.05) is 19.1 Å². The first-order chi connectivity index (χ1) is 10.2. The number of rotatable bonds is 1. The molecule has 1 aromatic carbocycles. The molecule has 0 radical (unpaired) electrons. The summed E-state index contributed by atoms with van der Waals surface area (Å²) >= 11 is 0. The standard InChI is InChI=1S/C16H20N2O3/c1-11-9-15(19)17-13-6-2-3-7-14(13)18(11)16(20)12-5-4-8-21-10-12/h2-3,6-7,11-12H,4-5,8-10H2,1H3,(H,17,19). The van der Waals surface area contributed by atoms with Crippen LogP contribution in [0, 0.1) is 5.92 Å². The lowest BCUT2D eigenvalue weighted by Gasteiger charge is -2.32. The van der Waals surface area contributed by atoms with Gasteiger partial charge in [-0.05, 0) is 31.9 Å². The highest BCUT2D eigenvalue weighted by atomic mass is 16.5. The van der Waals surface area contributed by atoms with Crippen molar-refractivity contribution in [3.05, 3.63) is 24.3 Å². The zero-order valence-electron chi connectivity index (χ0n) is 12.2. The van der Waals surface area contributed by atoms with Crippen LogP contribution in [0.15, 0.2) is 24.3 Å². The Balaban J connectivity index is 1.94. The highest BCUT2D eigenvalue weighted by molar-refractivity contribution is 6.05. The van der Waals surface area contributed by atoms with E-state index in [1.165, 1.54) is 0 Å². The Kier molecular flexibility index (Phi) is 3.92. The van der Waals surface area contributed by atoms with Crippen LogP contribution in [0.5, 0.6) is 0 Å². The molecule has 0 saturated carbocycles. The summed E-state index contributed by atoms with van der Waals surface area (Å²) in [5.41, 5.74) is 1.49. The average molecular weight is 288 g/mol. The Morgan fingerprint density at radius 2 is 2.19 bits per heavy atom. The van der Waals surface area contributed by atoms with E-state index in [4.69, 9.17) is 4.74 Å². The zero-order valence-corrected chi connectivity index (χ0v) is 12.2. The van der Waals surface area contributed by atoms with Crippen LogP contribution >= 0.6 is 0 Å². The van der Waals surface area contributed by atoms with Gasteiger partial charge in [-0.3, -0.25) is 9.59 Å². The van der Waals surface area contributed by atoms with Crippen LogP contribution in [0.2, 0.25) is 0 Å². The second-order valence-corrected chi connectivity index (χ2v) is 5.74. The lowest BCUT2D eigenvalue weighted by atomic mass is 9.99. The Hall–Kier alpha value is -1.88. The van der Waals surface area contributed by atoms with Crippen LogP contribution in [-0.4, -0.2) is 31.1 Å². The Bertz CT molecular complexity index is 552. The number of fused-ring (bicyclic) bond motifs is 1. The highest BCUT2D eigenvalue weighted by Crippen LogP contribution is 2.33. The van der Waals surface area contributed by atoms with Gasteiger partial charge >= 0.3 is 0 Å². The van der Waals surface area contributed by atoms with E-state index in [-0.39, 0.29) is 23.8 Å². The number of nitrogens with one attached hydrogen (secondary N) is 1. The number of anilines is 2. The molecule has 1 aromatic rings. The molecule has 0 aliphatic carbocycles. The summed E-state index contributed by atoms with van der Waals surface area (Å²) < 4.78 is 5.44. The number of benzene rings is 1. The van der Waals surface area contributed by atoms with Gasteiger partial charge in [0.2, 0.25) is 11.8 Å². The summed E-state index contributed by atoms with van der Waals surface area (Å²) in [4.78, 5) is 26.6. The maximum absolute atomic E-state index is 12.9. The Labute approximate surface area is 124 Å². The van der Waals surface area contributed by atoms with Gasteiger partial charge in [0.05, 0.1) is 23.9 Å². The van der Waals surface area contributed by atoms with Crippen molar-refractivity contribution in [1.82, 2.24) is 0 Å². The number of hydrogen-bond donors (Lipinski definition) is 1. The molecule has 3 rings (SSSR count). The van der Waals surface area contributed by atoms with Crippen LogP contribution < -0.4 is 10.2 Å². The van der Waals surface area contributed by atoms with Crippen LogP contribution in [0.4, 0.5) is 11.4 Å². The van der Waals surface area contributed by atoms with E-state index in [0.29, 0.717) is 18.7 Å². The molecule has 2 heterocycles. The molecule has 2 unspecified atom stereocenters. The van der Waals surface area contributed by atoms with Gasteiger partial charge in [-0.25, -0.2) is 0 Å². The number of nitrogens with zero attached hydrogens (tertiary/aromatic N) is 1. The minimum Gasteiger partial charge on any atom is -0.381 e. The van der Waals surface area contributed by atoms with Gasteiger partial charge < -0.3 is 15.0 Å². The number of amides is 2. The molecule has 21 heavy (non-hydrogen) atoms. The van der Waals surface area contributed by atoms with E-state index in [9.17, 15) is 9.59 Å². The molecule has 5 nitrogen and oxygen atoms in total. The van der Waals surface area contributed by atoms with Gasteiger partial charge in [-0.2, -0.15) is 0 Å². The number of carbonyl (C=O) groups excluding carboxylic acids is 2. The fraction of sp³-hybridized carbons (Fsp3) is 0.500. The van der Waals surface area contributed by atoms with E-state index in [1.807, 2.05) is 31.2 Å². The summed E-state index contributed by atoms with van der Waals surface area (Å²) in [7, 11) is 0. The minimum absolute atomic E-state index is 0.0508. The molecule has 2 aliphatic heterocycles. The molecule has 2 atom stereocenters. The smallest absolute Gasteiger partial charge is 0.232 e. The first-order valence-corrected chi connectivity index (χ1v) is 7.46. The van der Waals surface area contributed by atoms with Crippen molar-refractivity contribution >= 4 is 23.2 Å². The van der Waals surface area contributed by atoms with Crippen LogP contribution in [-0.2, 0) is 14.3 Å². The van der Waals surface area contributed by atoms with Crippen molar-refractivity contribution < 1.29 is 14.3 Å². The minimum atomic E-state index is -0.150. The van der Waals surface area contributed by atoms with Gasteiger partial charge in [0.1, 0.15) is 0 Å². The predicted octanol–water partition coefficient (Wildman–Crippen LogP) is 2.18. The largest absolute Gasteiger partial charge is 0.381 e. The van der Waals surface area contributed by atoms with Crippen molar-refractivity contribution in [2.45, 2.75) is 32.2 Å². The first-order valence-electron chi connectivity index (χ1n) is 7.46. The van der Waals surface area contributed by atoms with Crippen molar-refractivity contribution in [2.75, 3.05) is 23.4 Å². The number of para-hydroxylation sites is 2. The van der Waals surface area contributed by atoms with Gasteiger partial charge in [-0.1, -0.05) is 12.1 Å². The second-order valence-electron chi connectivity index (χ2n) is 5.74. The maximum atomic E-state index is 12.9. The van der Waals surface area contributed by atoms with Gasteiger partial charge in [-0.15, -0.1) is 0 Å². The number of ether oxygens (including phenoxy) is 1. The molecule has 0 spiro atoms. The fourth-order valence-electron chi connectivity index (χ4n) is 3.06. The molecule has 5 heteroatoms. The SMILES string of the molecule is CC1CC(=O)Nc2ccccc2N1C(=O)C1CCCOC1. The predicted molar refractivity (Wildman–Crippen MR) is 80.2 cm³/mol. The molecule has 1 fully saturated rings. The first kappa shape index (κ1) is 14.1. The lowest BCUT2D eigenvalue weighted by molar-refractivity contribution is -0.126. The number of carbonyl (C=O) groups is 2. The quantitative estimate of drug-likeness (QED) is 0.861. The number of hydrogen-bond acceptors (Lipinski definition) is 3. The summed E-state index contributed by atoms with van der Waals surface area (Å²) in [6, 6.07) is 7.33. The third kappa shape index (κ3) is 2.78. The molecule has 2 aliphatic rings. The molecular weight excluding hydrogens is 268 g/mol. The fourth-order valence-corrected chi connectivity index (χ4v) is 3.06. The van der Waals surface area contributed by atoms with E-state index < -0.39 is 0 Å². The monoisotopic (exact) mass is 288 g/mol. The summed E-state index contributed by atoms with van der Waals surface area (Å²) in [6.45, 7) is 3.13. The third-order valence-electron chi connectivity index (χ3n) is 4.11. The summed E-state index contributed by atoms with van der Waals surface area (Å²) in [5, 5.41) is 2.88. The van der Waals surface area contributed by atoms with E-state index >= 15 is 0 Å². The molecule has 0 bridgehead atoms. The lowest BCUT2D eigenvalue weighted by Crippen LogP contribution is -2.44. The van der Waals surface area contributed by atoms with Gasteiger partial charge in [0.25, 0.3) is 0 Å². The third-order valence-corrected chi connectivity index (χ3v) is 4.11. The van der Waals surface area contributed by atoms with E-state index in [2.05, 4.69) is 5.32 Å². The van der Waals surface area contributed by atoms with Crippen LogP contribution in [0.1, 0.15) is 26.2 Å². The topological polar surface area (TPSA) is 58.6 Å². The molecule has 0 aromatic heterocycles. The highest BCUT2D eigenvalue weighted by Gasteiger charge is 2.34. The molecular formula is C16H20N2O3. The van der Waals surface area contributed by atoms with E-state index in [0.717, 1.165) is 25.1 Å². The Morgan fingerprint density at radius 1 is 1.38 bits per heavy atom. The van der Waals surface area contributed by atoms with Crippen LogP contribution in [0.3, 0.4) is 0 Å².